The molecule has 2 rings (SSSR count). The minimum atomic E-state index is 0. The normalized spacial score (nSPS) is 15.8. The lowest BCUT2D eigenvalue weighted by Gasteiger charge is -2.34. The van der Waals surface area contributed by atoms with Crippen LogP contribution < -0.4 is 20.1 Å². The van der Waals surface area contributed by atoms with Crippen LogP contribution in [0.3, 0.4) is 0 Å². The molecular weight excluding hydrogens is 360 g/mol. The summed E-state index contributed by atoms with van der Waals surface area (Å²) in [6, 6.07) is 5.82. The van der Waals surface area contributed by atoms with E-state index in [1.165, 1.54) is 0 Å². The Labute approximate surface area is 161 Å². The van der Waals surface area contributed by atoms with Crippen molar-refractivity contribution in [3.05, 3.63) is 18.2 Å². The van der Waals surface area contributed by atoms with E-state index in [0.29, 0.717) is 12.2 Å². The first-order valence-corrected chi connectivity index (χ1v) is 9.37. The number of thioether (sulfide) groups is 1. The van der Waals surface area contributed by atoms with Crippen molar-refractivity contribution in [2.45, 2.75) is 31.1 Å². The summed E-state index contributed by atoms with van der Waals surface area (Å²) >= 11 is 1.65. The molecule has 1 fully saturated rings. The van der Waals surface area contributed by atoms with Crippen molar-refractivity contribution in [1.29, 1.82) is 0 Å². The number of ether oxygens (including phenoxy) is 2. The monoisotopic (exact) mass is 388 g/mol. The van der Waals surface area contributed by atoms with Crippen molar-refractivity contribution in [2.24, 2.45) is 5.41 Å². The average molecular weight is 389 g/mol. The van der Waals surface area contributed by atoms with Gasteiger partial charge in [0.2, 0.25) is 5.91 Å². The molecule has 0 radical (unpaired) electrons. The summed E-state index contributed by atoms with van der Waals surface area (Å²) < 4.78 is 10.5. The Morgan fingerprint density at radius 2 is 1.92 bits per heavy atom. The van der Waals surface area contributed by atoms with E-state index in [9.17, 15) is 4.79 Å². The highest BCUT2D eigenvalue weighted by Crippen LogP contribution is 2.32. The molecular formula is C18H29ClN2O3S. The number of hydrogen-bond acceptors (Lipinski definition) is 5. The third-order valence-electron chi connectivity index (χ3n) is 4.48. The zero-order valence-corrected chi connectivity index (χ0v) is 16.9. The fraction of sp³-hybridized carbons (Fsp3) is 0.611. The number of rotatable bonds is 8. The molecule has 1 heterocycles. The van der Waals surface area contributed by atoms with E-state index in [-0.39, 0.29) is 23.7 Å². The summed E-state index contributed by atoms with van der Waals surface area (Å²) in [5, 5.41) is 6.46. The summed E-state index contributed by atoms with van der Waals surface area (Å²) in [4.78, 5) is 13.1. The molecule has 7 heteroatoms. The maximum absolute atomic E-state index is 12.1. The molecule has 0 aliphatic carbocycles. The van der Waals surface area contributed by atoms with Gasteiger partial charge in [0.15, 0.2) is 11.5 Å². The molecule has 0 unspecified atom stereocenters. The van der Waals surface area contributed by atoms with E-state index in [4.69, 9.17) is 9.47 Å². The van der Waals surface area contributed by atoms with Crippen molar-refractivity contribution in [3.8, 4) is 11.5 Å². The largest absolute Gasteiger partial charge is 0.493 e. The van der Waals surface area contributed by atoms with Crippen LogP contribution in [0.1, 0.15) is 26.2 Å². The van der Waals surface area contributed by atoms with E-state index in [2.05, 4.69) is 17.6 Å². The highest BCUT2D eigenvalue weighted by molar-refractivity contribution is 7.99. The molecule has 1 saturated heterocycles. The van der Waals surface area contributed by atoms with Crippen molar-refractivity contribution in [1.82, 2.24) is 10.6 Å². The number of hydrogen-bond donors (Lipinski definition) is 2. The highest BCUT2D eigenvalue weighted by Gasteiger charge is 2.26. The molecule has 5 nitrogen and oxygen atoms in total. The Hall–Kier alpha value is -1.11. The predicted octanol–water partition coefficient (Wildman–Crippen LogP) is 3.11. The van der Waals surface area contributed by atoms with E-state index in [1.807, 2.05) is 18.2 Å². The Balaban J connectivity index is 0.00000312. The molecule has 0 aromatic heterocycles. The number of amides is 1. The maximum Gasteiger partial charge on any atom is 0.220 e. The van der Waals surface area contributed by atoms with Gasteiger partial charge >= 0.3 is 0 Å². The zero-order valence-electron chi connectivity index (χ0n) is 15.2. The average Bonchev–Trinajstić information content (AvgIpc) is 2.60. The maximum atomic E-state index is 12.1. The molecule has 2 N–H and O–H groups in total. The first kappa shape index (κ1) is 21.9. The van der Waals surface area contributed by atoms with Gasteiger partial charge in [-0.2, -0.15) is 0 Å². The molecule has 1 aromatic rings. The summed E-state index contributed by atoms with van der Waals surface area (Å²) in [7, 11) is 3.25. The Bertz CT molecular complexity index is 551. The molecule has 0 saturated carbocycles. The number of piperidine rings is 1. The van der Waals surface area contributed by atoms with Crippen LogP contribution in [-0.4, -0.2) is 45.5 Å². The van der Waals surface area contributed by atoms with Gasteiger partial charge in [0.25, 0.3) is 0 Å². The highest BCUT2D eigenvalue weighted by atomic mass is 35.5. The topological polar surface area (TPSA) is 59.6 Å². The van der Waals surface area contributed by atoms with Gasteiger partial charge in [0.1, 0.15) is 0 Å². The lowest BCUT2D eigenvalue weighted by Crippen LogP contribution is -2.42. The lowest BCUT2D eigenvalue weighted by molar-refractivity contribution is -0.121. The van der Waals surface area contributed by atoms with Crippen LogP contribution in [-0.2, 0) is 4.79 Å². The standard InChI is InChI=1S/C18H28N2O3S.ClH/c1-18(7-9-19-10-8-18)13-20-17(21)6-11-24-14-4-5-15(22-2)16(12-14)23-3;/h4-5,12,19H,6-11,13H2,1-3H3,(H,20,21);1H. The minimum absolute atomic E-state index is 0. The number of carbonyl (C=O) groups is 1. The molecule has 0 atom stereocenters. The van der Waals surface area contributed by atoms with Crippen LogP contribution in [0, 0.1) is 5.41 Å². The Morgan fingerprint density at radius 1 is 1.24 bits per heavy atom. The number of nitrogens with one attached hydrogen (secondary N) is 2. The number of carbonyl (C=O) groups excluding carboxylic acids is 1. The van der Waals surface area contributed by atoms with Crippen molar-refractivity contribution in [3.63, 3.8) is 0 Å². The second-order valence-electron chi connectivity index (χ2n) is 6.45. The van der Waals surface area contributed by atoms with Gasteiger partial charge in [-0.05, 0) is 49.5 Å². The van der Waals surface area contributed by atoms with Crippen molar-refractivity contribution < 1.29 is 14.3 Å². The second kappa shape index (κ2) is 10.8. The quantitative estimate of drug-likeness (QED) is 0.670. The molecule has 1 aromatic carbocycles. The van der Waals surface area contributed by atoms with Crippen LogP contribution in [0.15, 0.2) is 23.1 Å². The van der Waals surface area contributed by atoms with Gasteiger partial charge in [0, 0.05) is 23.6 Å². The van der Waals surface area contributed by atoms with Gasteiger partial charge in [0.05, 0.1) is 14.2 Å². The van der Waals surface area contributed by atoms with E-state index in [1.54, 1.807) is 26.0 Å². The number of methoxy groups -OCH3 is 2. The van der Waals surface area contributed by atoms with Crippen molar-refractivity contribution >= 4 is 30.1 Å². The molecule has 1 amide bonds. The number of halogens is 1. The van der Waals surface area contributed by atoms with Crippen LogP contribution in [0.25, 0.3) is 0 Å². The molecule has 0 spiro atoms. The molecule has 25 heavy (non-hydrogen) atoms. The molecule has 0 bridgehead atoms. The fourth-order valence-corrected chi connectivity index (χ4v) is 3.65. The van der Waals surface area contributed by atoms with Crippen molar-refractivity contribution in [2.75, 3.05) is 39.6 Å². The SMILES string of the molecule is COc1ccc(SCCC(=O)NCC2(C)CCNCC2)cc1OC.Cl. The van der Waals surface area contributed by atoms with E-state index >= 15 is 0 Å². The first-order chi connectivity index (χ1) is 11.6. The Morgan fingerprint density at radius 3 is 2.56 bits per heavy atom. The molecule has 1 aliphatic heterocycles. The van der Waals surface area contributed by atoms with Gasteiger partial charge in [-0.25, -0.2) is 0 Å². The van der Waals surface area contributed by atoms with Gasteiger partial charge < -0.3 is 20.1 Å². The van der Waals surface area contributed by atoms with Crippen LogP contribution in [0.5, 0.6) is 11.5 Å². The molecule has 1 aliphatic rings. The Kier molecular flexibility index (Phi) is 9.46. The fourth-order valence-electron chi connectivity index (χ4n) is 2.78. The second-order valence-corrected chi connectivity index (χ2v) is 7.62. The predicted molar refractivity (Wildman–Crippen MR) is 105 cm³/mol. The summed E-state index contributed by atoms with van der Waals surface area (Å²) in [6.07, 6.45) is 2.76. The minimum Gasteiger partial charge on any atom is -0.493 e. The van der Waals surface area contributed by atoms with E-state index < -0.39 is 0 Å². The van der Waals surface area contributed by atoms with Gasteiger partial charge in [-0.1, -0.05) is 6.92 Å². The molecule has 142 valence electrons. The smallest absolute Gasteiger partial charge is 0.220 e. The van der Waals surface area contributed by atoms with Gasteiger partial charge in [-0.15, -0.1) is 24.2 Å². The van der Waals surface area contributed by atoms with Crippen LogP contribution >= 0.6 is 24.2 Å². The summed E-state index contributed by atoms with van der Waals surface area (Å²) in [6.45, 7) is 5.12. The zero-order chi connectivity index (χ0) is 17.4. The summed E-state index contributed by atoms with van der Waals surface area (Å²) in [5.74, 6) is 2.31. The summed E-state index contributed by atoms with van der Waals surface area (Å²) in [5.41, 5.74) is 0.234. The van der Waals surface area contributed by atoms with Crippen LogP contribution in [0.4, 0.5) is 0 Å². The number of benzene rings is 1. The first-order valence-electron chi connectivity index (χ1n) is 8.38. The third-order valence-corrected chi connectivity index (χ3v) is 5.47. The third kappa shape index (κ3) is 6.96. The van der Waals surface area contributed by atoms with Gasteiger partial charge in [-0.3, -0.25) is 4.79 Å². The lowest BCUT2D eigenvalue weighted by atomic mass is 9.81. The van der Waals surface area contributed by atoms with E-state index in [0.717, 1.165) is 48.9 Å². The van der Waals surface area contributed by atoms with Crippen LogP contribution in [0.2, 0.25) is 0 Å².